The smallest absolute Gasteiger partial charge is 0.00699 e. The molecule has 0 bridgehead atoms. The molecule has 1 heteroatoms. The van der Waals surface area contributed by atoms with Crippen LogP contribution in [0.5, 0.6) is 0 Å². The van der Waals surface area contributed by atoms with Crippen LogP contribution in [0.15, 0.2) is 0 Å². The molecule has 5 rings (SSSR count). The summed E-state index contributed by atoms with van der Waals surface area (Å²) in [7, 11) is 0. The third-order valence-corrected chi connectivity index (χ3v) is 9.90. The maximum atomic E-state index is 7.14. The van der Waals surface area contributed by atoms with Crippen molar-refractivity contribution in [1.29, 1.82) is 0 Å². The van der Waals surface area contributed by atoms with E-state index >= 15 is 0 Å². The maximum Gasteiger partial charge on any atom is 0.00699 e. The van der Waals surface area contributed by atoms with Crippen LogP contribution >= 0.6 is 0 Å². The zero-order valence-corrected chi connectivity index (χ0v) is 17.6. The first-order chi connectivity index (χ1) is 13.3. The maximum absolute atomic E-state index is 7.14. The molecule has 4 aliphatic carbocycles. The molecule has 5 aliphatic rings. The number of fused-ring (bicyclic) bond motifs is 2. The van der Waals surface area contributed by atoms with Crippen LogP contribution in [0.25, 0.3) is 0 Å². The van der Waals surface area contributed by atoms with Crippen LogP contribution < -0.4 is 5.32 Å². The Hall–Kier alpha value is -0.0400. The normalized spacial score (nSPS) is 48.3. The summed E-state index contributed by atoms with van der Waals surface area (Å²) in [6, 6.07) is 0.769. The Morgan fingerprint density at radius 3 is 2.00 bits per heavy atom. The number of rotatable bonds is 4. The van der Waals surface area contributed by atoms with Crippen LogP contribution in [-0.4, -0.2) is 12.6 Å². The zero-order valence-electron chi connectivity index (χ0n) is 17.6. The quantitative estimate of drug-likeness (QED) is 0.596. The second kappa shape index (κ2) is 8.37. The van der Waals surface area contributed by atoms with E-state index in [9.17, 15) is 0 Å². The molecule has 27 heavy (non-hydrogen) atoms. The summed E-state index contributed by atoms with van der Waals surface area (Å²) in [5.41, 5.74) is 0. The number of hydrogen-bond donors (Lipinski definition) is 1. The monoisotopic (exact) mass is 369 g/mol. The van der Waals surface area contributed by atoms with E-state index in [1.807, 2.05) is 0 Å². The van der Waals surface area contributed by atoms with Crippen molar-refractivity contribution in [1.82, 2.24) is 5.32 Å². The fourth-order valence-electron chi connectivity index (χ4n) is 8.58. The Labute approximate surface area is 168 Å². The molecule has 1 heterocycles. The van der Waals surface area contributed by atoms with E-state index < -0.39 is 0 Å². The van der Waals surface area contributed by atoms with E-state index in [2.05, 4.69) is 5.32 Å². The van der Waals surface area contributed by atoms with Crippen LogP contribution in [0.2, 0.25) is 0 Å². The first-order valence-corrected chi connectivity index (χ1v) is 12.8. The van der Waals surface area contributed by atoms with E-state index in [1.54, 1.807) is 12.8 Å². The van der Waals surface area contributed by atoms with Gasteiger partial charge in [-0.25, -0.2) is 0 Å². The lowest BCUT2D eigenvalue weighted by Gasteiger charge is -2.40. The fraction of sp³-hybridized carbons (Fsp3) is 0.962. The first-order valence-electron chi connectivity index (χ1n) is 12.8. The molecule has 0 aromatic carbocycles. The summed E-state index contributed by atoms with van der Waals surface area (Å²) in [6.45, 7) is 8.39. The number of piperidine rings is 1. The highest BCUT2D eigenvalue weighted by atomic mass is 14.9. The molecular formula is C26H43N. The van der Waals surface area contributed by atoms with Crippen molar-refractivity contribution in [2.24, 2.45) is 47.3 Å². The van der Waals surface area contributed by atoms with Gasteiger partial charge >= 0.3 is 0 Å². The molecule has 1 nitrogen and oxygen atoms in total. The minimum Gasteiger partial charge on any atom is -0.314 e. The lowest BCUT2D eigenvalue weighted by molar-refractivity contribution is 0.0976. The Morgan fingerprint density at radius 1 is 0.667 bits per heavy atom. The topological polar surface area (TPSA) is 12.0 Å². The van der Waals surface area contributed by atoms with Crippen LogP contribution in [0.1, 0.15) is 96.3 Å². The molecule has 8 atom stereocenters. The lowest BCUT2D eigenvalue weighted by Crippen LogP contribution is -2.38. The second-order valence-corrected chi connectivity index (χ2v) is 11.3. The van der Waals surface area contributed by atoms with Gasteiger partial charge < -0.3 is 5.32 Å². The molecule has 1 saturated heterocycles. The van der Waals surface area contributed by atoms with Crippen molar-refractivity contribution in [3.63, 3.8) is 0 Å². The predicted octanol–water partition coefficient (Wildman–Crippen LogP) is 6.50. The summed E-state index contributed by atoms with van der Waals surface area (Å²) in [5, 5.41) is 3.85. The Kier molecular flexibility index (Phi) is 5.88. The van der Waals surface area contributed by atoms with Crippen molar-refractivity contribution < 1.29 is 0 Å². The predicted molar refractivity (Wildman–Crippen MR) is 113 cm³/mol. The average molecular weight is 370 g/mol. The lowest BCUT2D eigenvalue weighted by atomic mass is 9.66. The van der Waals surface area contributed by atoms with E-state index in [0.717, 1.165) is 47.5 Å². The molecule has 8 unspecified atom stereocenters. The van der Waals surface area contributed by atoms with Gasteiger partial charge in [-0.05, 0) is 99.3 Å². The summed E-state index contributed by atoms with van der Waals surface area (Å²) in [6.07, 6.45) is 22.2. The van der Waals surface area contributed by atoms with Crippen molar-refractivity contribution in [2.45, 2.75) is 102 Å². The molecule has 0 aromatic heterocycles. The molecule has 4 saturated carbocycles. The molecule has 1 N–H and O–H groups in total. The van der Waals surface area contributed by atoms with Gasteiger partial charge in [-0.2, -0.15) is 0 Å². The van der Waals surface area contributed by atoms with Gasteiger partial charge in [0.25, 0.3) is 0 Å². The number of nitrogens with one attached hydrogen (secondary N) is 1. The molecule has 0 amide bonds. The molecule has 5 fully saturated rings. The SMILES string of the molecule is [CH]C1C(CC2CCCCC2)C2CC3CCCC3CC2C1CC1CCCCN1. The van der Waals surface area contributed by atoms with E-state index in [-0.39, 0.29) is 0 Å². The van der Waals surface area contributed by atoms with Crippen LogP contribution in [-0.2, 0) is 0 Å². The first kappa shape index (κ1) is 19.0. The van der Waals surface area contributed by atoms with Crippen molar-refractivity contribution in [3.05, 3.63) is 6.92 Å². The molecule has 2 radical (unpaired) electrons. The molecule has 0 spiro atoms. The largest absolute Gasteiger partial charge is 0.314 e. The highest BCUT2D eigenvalue weighted by Crippen LogP contribution is 2.60. The van der Waals surface area contributed by atoms with Crippen molar-refractivity contribution in [3.8, 4) is 0 Å². The molecule has 0 aromatic rings. The van der Waals surface area contributed by atoms with E-state index in [1.165, 1.54) is 90.0 Å². The van der Waals surface area contributed by atoms with Gasteiger partial charge in [-0.1, -0.05) is 57.8 Å². The Balaban J connectivity index is 1.32. The third-order valence-electron chi connectivity index (χ3n) is 9.90. The summed E-state index contributed by atoms with van der Waals surface area (Å²) >= 11 is 0. The Bertz CT molecular complexity index is 433. The van der Waals surface area contributed by atoms with Gasteiger partial charge in [0, 0.05) is 6.04 Å². The van der Waals surface area contributed by atoms with E-state index in [4.69, 9.17) is 6.92 Å². The number of hydrogen-bond acceptors (Lipinski definition) is 1. The molecule has 1 aliphatic heterocycles. The highest BCUT2D eigenvalue weighted by molar-refractivity contribution is 5.04. The standard InChI is InChI=1S/C26H43N/c1-18-23(14-19-8-3-2-4-9-19)25-15-20-10-7-11-21(20)16-26(25)24(18)17-22-12-5-6-13-27-22/h1,18-27H,2-17H2. The van der Waals surface area contributed by atoms with Crippen molar-refractivity contribution in [2.75, 3.05) is 6.54 Å². The van der Waals surface area contributed by atoms with Gasteiger partial charge in [-0.3, -0.25) is 0 Å². The van der Waals surface area contributed by atoms with Gasteiger partial charge in [0.1, 0.15) is 0 Å². The van der Waals surface area contributed by atoms with E-state index in [0.29, 0.717) is 5.92 Å². The minimum absolute atomic E-state index is 0.504. The minimum atomic E-state index is 0.504. The zero-order chi connectivity index (χ0) is 18.2. The average Bonchev–Trinajstić information content (AvgIpc) is 3.26. The van der Waals surface area contributed by atoms with Crippen LogP contribution in [0.3, 0.4) is 0 Å². The molecular weight excluding hydrogens is 326 g/mol. The summed E-state index contributed by atoms with van der Waals surface area (Å²) in [4.78, 5) is 0. The Morgan fingerprint density at radius 2 is 1.33 bits per heavy atom. The van der Waals surface area contributed by atoms with Gasteiger partial charge in [0.05, 0.1) is 0 Å². The van der Waals surface area contributed by atoms with Crippen molar-refractivity contribution >= 4 is 0 Å². The van der Waals surface area contributed by atoms with Crippen LogP contribution in [0, 0.1) is 54.3 Å². The van der Waals surface area contributed by atoms with Gasteiger partial charge in [-0.15, -0.1) is 0 Å². The highest BCUT2D eigenvalue weighted by Gasteiger charge is 2.53. The third kappa shape index (κ3) is 3.88. The van der Waals surface area contributed by atoms with Gasteiger partial charge in [0.15, 0.2) is 0 Å². The van der Waals surface area contributed by atoms with Crippen LogP contribution in [0.4, 0.5) is 0 Å². The summed E-state index contributed by atoms with van der Waals surface area (Å²) < 4.78 is 0. The second-order valence-electron chi connectivity index (χ2n) is 11.3. The van der Waals surface area contributed by atoms with Gasteiger partial charge in [0.2, 0.25) is 0 Å². The summed E-state index contributed by atoms with van der Waals surface area (Å²) in [5.74, 6) is 7.26. The fourth-order valence-corrected chi connectivity index (χ4v) is 8.58. The molecule has 152 valence electrons.